The Balaban J connectivity index is 2.05. The van der Waals surface area contributed by atoms with Gasteiger partial charge < -0.3 is 0 Å². The highest BCUT2D eigenvalue weighted by Gasteiger charge is 2.54. The third-order valence-corrected chi connectivity index (χ3v) is 7.10. The maximum Gasteiger partial charge on any atom is 0.417 e. The molecule has 2 aliphatic rings. The molecule has 0 radical (unpaired) electrons. The Morgan fingerprint density at radius 2 is 1.75 bits per heavy atom. The average molecular weight is 361 g/mol. The molecule has 0 amide bonds. The third-order valence-electron chi connectivity index (χ3n) is 5.15. The summed E-state index contributed by atoms with van der Waals surface area (Å²) in [6.07, 6.45) is -2.43. The summed E-state index contributed by atoms with van der Waals surface area (Å²) in [7, 11) is -4.18. The summed E-state index contributed by atoms with van der Waals surface area (Å²) in [6, 6.07) is 4.23. The van der Waals surface area contributed by atoms with E-state index in [1.54, 1.807) is 0 Å². The van der Waals surface area contributed by atoms with Gasteiger partial charge in [0.15, 0.2) is 0 Å². The van der Waals surface area contributed by atoms with Gasteiger partial charge in [0.25, 0.3) is 0 Å². The molecule has 3 rings (SSSR count). The maximum absolute atomic E-state index is 13.2. The Morgan fingerprint density at radius 3 is 2.38 bits per heavy atom. The zero-order chi connectivity index (χ0) is 18.0. The van der Waals surface area contributed by atoms with Crippen molar-refractivity contribution in [1.29, 1.82) is 0 Å². The molecule has 7 heteroatoms. The van der Waals surface area contributed by atoms with E-state index in [1.165, 1.54) is 16.4 Å². The van der Waals surface area contributed by atoms with Gasteiger partial charge in [0.1, 0.15) is 0 Å². The van der Waals surface area contributed by atoms with Crippen molar-refractivity contribution in [3.63, 3.8) is 0 Å². The van der Waals surface area contributed by atoms with Crippen molar-refractivity contribution in [3.05, 3.63) is 29.8 Å². The fraction of sp³-hybridized carbons (Fsp3) is 0.647. The number of halogens is 3. The number of hydrogen-bond acceptors (Lipinski definition) is 2. The first-order valence-corrected chi connectivity index (χ1v) is 9.46. The van der Waals surface area contributed by atoms with Crippen LogP contribution in [0.15, 0.2) is 29.2 Å². The number of benzene rings is 1. The predicted molar refractivity (Wildman–Crippen MR) is 84.9 cm³/mol. The summed E-state index contributed by atoms with van der Waals surface area (Å²) < 4.78 is 67.1. The zero-order valence-corrected chi connectivity index (χ0v) is 14.8. The first-order valence-electron chi connectivity index (χ1n) is 8.02. The van der Waals surface area contributed by atoms with Gasteiger partial charge in [-0.1, -0.05) is 32.9 Å². The van der Waals surface area contributed by atoms with Gasteiger partial charge in [-0.3, -0.25) is 0 Å². The Morgan fingerprint density at radius 1 is 1.12 bits per heavy atom. The van der Waals surface area contributed by atoms with Gasteiger partial charge in [-0.25, -0.2) is 8.42 Å². The lowest BCUT2D eigenvalue weighted by atomic mass is 9.65. The second-order valence-corrected chi connectivity index (χ2v) is 10.1. The van der Waals surface area contributed by atoms with Crippen molar-refractivity contribution in [2.75, 3.05) is 6.54 Å². The van der Waals surface area contributed by atoms with Crippen LogP contribution in [0.25, 0.3) is 0 Å². The zero-order valence-electron chi connectivity index (χ0n) is 14.0. The van der Waals surface area contributed by atoms with Gasteiger partial charge >= 0.3 is 6.18 Å². The molecule has 2 atom stereocenters. The van der Waals surface area contributed by atoms with Crippen LogP contribution >= 0.6 is 0 Å². The number of rotatable bonds is 2. The lowest BCUT2D eigenvalue weighted by Crippen LogP contribution is -2.38. The largest absolute Gasteiger partial charge is 0.417 e. The number of sulfonamides is 1. The van der Waals surface area contributed by atoms with Crippen LogP contribution in [-0.4, -0.2) is 25.3 Å². The van der Waals surface area contributed by atoms with Crippen molar-refractivity contribution in [1.82, 2.24) is 4.31 Å². The summed E-state index contributed by atoms with van der Waals surface area (Å²) in [4.78, 5) is -0.633. The second kappa shape index (κ2) is 5.21. The molecule has 1 heterocycles. The lowest BCUT2D eigenvalue weighted by Gasteiger charge is -2.39. The first-order chi connectivity index (χ1) is 10.8. The van der Waals surface area contributed by atoms with E-state index in [9.17, 15) is 21.6 Å². The number of alkyl halides is 3. The summed E-state index contributed by atoms with van der Waals surface area (Å²) in [5.41, 5.74) is -1.27. The van der Waals surface area contributed by atoms with Gasteiger partial charge in [-0.05, 0) is 42.2 Å². The van der Waals surface area contributed by atoms with Crippen LogP contribution in [0.2, 0.25) is 0 Å². The number of nitrogens with zero attached hydrogens (tertiary/aromatic N) is 1. The van der Waals surface area contributed by atoms with Crippen molar-refractivity contribution in [2.45, 2.75) is 57.1 Å². The second-order valence-electron chi connectivity index (χ2n) is 8.26. The Hall–Kier alpha value is -1.08. The van der Waals surface area contributed by atoms with Crippen LogP contribution in [-0.2, 0) is 16.2 Å². The SMILES string of the molecule is CC1(C)C[C@@H]2C[C@@](C)(CN2S(=O)(=O)c2ccccc2C(F)(F)F)C1. The smallest absolute Gasteiger partial charge is 0.207 e. The minimum absolute atomic E-state index is 0.00845. The standard InChI is InChI=1S/C17H22F3NO2S/c1-15(2)8-12-9-16(3,10-15)11-21(12)24(22,23)14-7-5-4-6-13(14)17(18,19)20/h4-7,12H,8-11H2,1-3H3/t12-,16-/m1/s1. The molecule has 134 valence electrons. The summed E-state index contributed by atoms with van der Waals surface area (Å²) in [6.45, 7) is 6.51. The number of hydrogen-bond donors (Lipinski definition) is 0. The fourth-order valence-corrected chi connectivity index (χ4v) is 6.73. The minimum Gasteiger partial charge on any atom is -0.207 e. The molecule has 1 aromatic carbocycles. The van der Waals surface area contributed by atoms with Gasteiger partial charge in [-0.15, -0.1) is 0 Å². The Labute approximate surface area is 140 Å². The van der Waals surface area contributed by atoms with Gasteiger partial charge in [-0.2, -0.15) is 17.5 Å². The topological polar surface area (TPSA) is 37.4 Å². The fourth-order valence-electron chi connectivity index (χ4n) is 4.74. The molecular formula is C17H22F3NO2S. The molecule has 1 aromatic rings. The molecule has 2 fully saturated rings. The van der Waals surface area contributed by atoms with E-state index >= 15 is 0 Å². The van der Waals surface area contributed by atoms with E-state index in [2.05, 4.69) is 13.8 Å². The van der Waals surface area contributed by atoms with Crippen molar-refractivity contribution in [3.8, 4) is 0 Å². The van der Waals surface area contributed by atoms with Crippen molar-refractivity contribution < 1.29 is 21.6 Å². The molecule has 1 saturated carbocycles. The summed E-state index contributed by atoms with van der Waals surface area (Å²) in [5, 5.41) is 0. The Kier molecular flexibility index (Phi) is 3.85. The highest BCUT2D eigenvalue weighted by atomic mass is 32.2. The van der Waals surface area contributed by atoms with Gasteiger partial charge in [0, 0.05) is 12.6 Å². The Bertz CT molecular complexity index is 757. The van der Waals surface area contributed by atoms with Crippen molar-refractivity contribution in [2.24, 2.45) is 10.8 Å². The van der Waals surface area contributed by atoms with E-state index < -0.39 is 26.7 Å². The molecule has 1 aliphatic carbocycles. The highest BCUT2D eigenvalue weighted by molar-refractivity contribution is 7.89. The van der Waals surface area contributed by atoms with Crippen LogP contribution in [0.1, 0.15) is 45.6 Å². The lowest BCUT2D eigenvalue weighted by molar-refractivity contribution is -0.139. The molecular weight excluding hydrogens is 339 g/mol. The third kappa shape index (κ3) is 2.96. The summed E-state index contributed by atoms with van der Waals surface area (Å²) in [5.74, 6) is 0. The molecule has 0 spiro atoms. The van der Waals surface area contributed by atoms with Gasteiger partial charge in [0.2, 0.25) is 10.0 Å². The van der Waals surface area contributed by atoms with E-state index in [0.717, 1.165) is 18.6 Å². The quantitative estimate of drug-likeness (QED) is 0.788. The van der Waals surface area contributed by atoms with E-state index in [0.29, 0.717) is 12.8 Å². The molecule has 24 heavy (non-hydrogen) atoms. The number of fused-ring (bicyclic) bond motifs is 2. The molecule has 1 aliphatic heterocycles. The minimum atomic E-state index is -4.69. The molecule has 0 N–H and O–H groups in total. The maximum atomic E-state index is 13.2. The average Bonchev–Trinajstić information content (AvgIpc) is 2.67. The highest BCUT2D eigenvalue weighted by Crippen LogP contribution is 2.54. The van der Waals surface area contributed by atoms with Crippen LogP contribution in [0.4, 0.5) is 13.2 Å². The van der Waals surface area contributed by atoms with Crippen LogP contribution in [0, 0.1) is 10.8 Å². The van der Waals surface area contributed by atoms with Crippen LogP contribution in [0.5, 0.6) is 0 Å². The van der Waals surface area contributed by atoms with E-state index in [-0.39, 0.29) is 23.4 Å². The molecule has 0 unspecified atom stereocenters. The molecule has 3 nitrogen and oxygen atoms in total. The monoisotopic (exact) mass is 361 g/mol. The molecule has 1 saturated heterocycles. The van der Waals surface area contributed by atoms with E-state index in [1.807, 2.05) is 6.92 Å². The van der Waals surface area contributed by atoms with Gasteiger partial charge in [0.05, 0.1) is 10.5 Å². The first kappa shape index (κ1) is 17.7. The van der Waals surface area contributed by atoms with Crippen molar-refractivity contribution >= 4 is 10.0 Å². The summed E-state index contributed by atoms with van der Waals surface area (Å²) >= 11 is 0. The van der Waals surface area contributed by atoms with Crippen LogP contribution in [0.3, 0.4) is 0 Å². The van der Waals surface area contributed by atoms with Crippen LogP contribution < -0.4 is 0 Å². The molecule has 2 bridgehead atoms. The normalized spacial score (nSPS) is 30.5. The molecule has 0 aromatic heterocycles. The van der Waals surface area contributed by atoms with E-state index in [4.69, 9.17) is 0 Å². The predicted octanol–water partition coefficient (Wildman–Crippen LogP) is 4.29.